The number of imide groups is 1. The summed E-state index contributed by atoms with van der Waals surface area (Å²) in [5, 5.41) is 0. The van der Waals surface area contributed by atoms with Crippen molar-refractivity contribution in [2.24, 2.45) is 0 Å². The number of para-hydroxylation sites is 2. The maximum Gasteiger partial charge on any atom is 0.292 e. The van der Waals surface area contributed by atoms with E-state index in [-0.39, 0.29) is 17.9 Å². The Bertz CT molecular complexity index is 1050. The van der Waals surface area contributed by atoms with Gasteiger partial charge < -0.3 is 9.88 Å². The molecule has 0 spiro atoms. The fourth-order valence-electron chi connectivity index (χ4n) is 4.77. The second-order valence-corrected chi connectivity index (χ2v) is 8.23. The van der Waals surface area contributed by atoms with Crippen molar-refractivity contribution in [2.75, 3.05) is 18.0 Å². The number of rotatable bonds is 3. The van der Waals surface area contributed by atoms with Crippen molar-refractivity contribution in [1.82, 2.24) is 9.97 Å². The Morgan fingerprint density at radius 3 is 2.62 bits per heavy atom. The fourth-order valence-corrected chi connectivity index (χ4v) is 4.77. The fraction of sp³-hybridized carbons (Fsp3) is 0.348. The zero-order valence-corrected chi connectivity index (χ0v) is 16.5. The molecule has 0 aliphatic carbocycles. The zero-order chi connectivity index (χ0) is 20.0. The van der Waals surface area contributed by atoms with E-state index in [0.717, 1.165) is 48.4 Å². The smallest absolute Gasteiger partial charge is 0.292 e. The predicted molar refractivity (Wildman–Crippen MR) is 111 cm³/mol. The number of nitrogens with zero attached hydrogens (tertiary/aromatic N) is 2. The van der Waals surface area contributed by atoms with Crippen LogP contribution in [0.2, 0.25) is 0 Å². The second kappa shape index (κ2) is 7.12. The molecular formula is C23H25N4O2+. The van der Waals surface area contributed by atoms with E-state index in [0.29, 0.717) is 18.0 Å². The van der Waals surface area contributed by atoms with Gasteiger partial charge in [-0.2, -0.15) is 0 Å². The first kappa shape index (κ1) is 18.1. The maximum atomic E-state index is 13.1. The molecule has 0 saturated carbocycles. The van der Waals surface area contributed by atoms with Crippen molar-refractivity contribution in [2.45, 2.75) is 38.1 Å². The van der Waals surface area contributed by atoms with Gasteiger partial charge in [-0.3, -0.25) is 9.59 Å². The van der Waals surface area contributed by atoms with Gasteiger partial charge in [0.25, 0.3) is 5.91 Å². The van der Waals surface area contributed by atoms with Gasteiger partial charge in [-0.25, -0.2) is 9.88 Å². The number of benzene rings is 2. The monoisotopic (exact) mass is 389 g/mol. The molecule has 148 valence electrons. The number of quaternary nitrogens is 1. The minimum Gasteiger partial charge on any atom is -0.342 e. The number of piperidine rings is 1. The van der Waals surface area contributed by atoms with Crippen LogP contribution in [0.25, 0.3) is 11.0 Å². The summed E-state index contributed by atoms with van der Waals surface area (Å²) < 4.78 is 0. The number of anilines is 1. The van der Waals surface area contributed by atoms with Crippen LogP contribution in [-0.4, -0.2) is 40.9 Å². The quantitative estimate of drug-likeness (QED) is 0.673. The van der Waals surface area contributed by atoms with Crippen LogP contribution in [-0.2, 0) is 9.59 Å². The van der Waals surface area contributed by atoms with Crippen molar-refractivity contribution in [3.8, 4) is 0 Å². The van der Waals surface area contributed by atoms with Gasteiger partial charge >= 0.3 is 0 Å². The molecule has 6 nitrogen and oxygen atoms in total. The van der Waals surface area contributed by atoms with Crippen LogP contribution in [0, 0.1) is 6.92 Å². The van der Waals surface area contributed by atoms with Gasteiger partial charge in [0.05, 0.1) is 36.2 Å². The largest absolute Gasteiger partial charge is 0.342 e. The van der Waals surface area contributed by atoms with Crippen LogP contribution < -0.4 is 9.80 Å². The molecule has 5 rings (SSSR count). The number of fused-ring (bicyclic) bond motifs is 1. The summed E-state index contributed by atoms with van der Waals surface area (Å²) in [5.74, 6) is 1.28. The summed E-state index contributed by atoms with van der Waals surface area (Å²) in [6, 6.07) is 15.4. The number of carbonyl (C=O) groups excluding carboxylic acids is 2. The molecule has 0 radical (unpaired) electrons. The Morgan fingerprint density at radius 1 is 1.07 bits per heavy atom. The third-order valence-corrected chi connectivity index (χ3v) is 6.32. The van der Waals surface area contributed by atoms with Gasteiger partial charge in [0.2, 0.25) is 5.91 Å². The summed E-state index contributed by atoms with van der Waals surface area (Å²) in [6.07, 6.45) is 2.24. The van der Waals surface area contributed by atoms with E-state index in [1.54, 1.807) is 0 Å². The van der Waals surface area contributed by atoms with Crippen LogP contribution >= 0.6 is 0 Å². The van der Waals surface area contributed by atoms with Gasteiger partial charge in [0.1, 0.15) is 5.82 Å². The van der Waals surface area contributed by atoms with Crippen LogP contribution in [0.4, 0.5) is 5.69 Å². The number of aromatic nitrogens is 2. The highest BCUT2D eigenvalue weighted by atomic mass is 16.2. The average molecular weight is 389 g/mol. The van der Waals surface area contributed by atoms with E-state index in [2.05, 4.69) is 11.1 Å². The Kier molecular flexibility index (Phi) is 4.43. The highest BCUT2D eigenvalue weighted by Crippen LogP contribution is 2.26. The molecule has 29 heavy (non-hydrogen) atoms. The van der Waals surface area contributed by atoms with Crippen molar-refractivity contribution >= 4 is 28.5 Å². The van der Waals surface area contributed by atoms with Crippen LogP contribution in [0.3, 0.4) is 0 Å². The molecule has 2 aliphatic rings. The lowest BCUT2D eigenvalue weighted by atomic mass is 9.95. The molecule has 6 heteroatoms. The Hall–Kier alpha value is -2.99. The number of hydrogen-bond acceptors (Lipinski definition) is 3. The highest BCUT2D eigenvalue weighted by Gasteiger charge is 2.46. The van der Waals surface area contributed by atoms with E-state index in [4.69, 9.17) is 4.98 Å². The highest BCUT2D eigenvalue weighted by molar-refractivity contribution is 6.21. The van der Waals surface area contributed by atoms with Crippen LogP contribution in [0.5, 0.6) is 0 Å². The van der Waals surface area contributed by atoms with E-state index in [9.17, 15) is 9.59 Å². The van der Waals surface area contributed by atoms with Crippen LogP contribution in [0.1, 0.15) is 36.6 Å². The maximum absolute atomic E-state index is 13.1. The summed E-state index contributed by atoms with van der Waals surface area (Å²) in [4.78, 5) is 36.5. The molecule has 3 aromatic rings. The third-order valence-electron chi connectivity index (χ3n) is 6.32. The van der Waals surface area contributed by atoms with E-state index in [1.165, 1.54) is 9.80 Å². The molecule has 1 atom stereocenters. The van der Waals surface area contributed by atoms with Gasteiger partial charge in [0, 0.05) is 18.8 Å². The first-order valence-electron chi connectivity index (χ1n) is 10.3. The molecule has 2 N–H and O–H groups in total. The number of H-pyrrole nitrogens is 1. The number of likely N-dealkylation sites (tertiary alicyclic amines) is 1. The molecule has 3 heterocycles. The summed E-state index contributed by atoms with van der Waals surface area (Å²) in [5.41, 5.74) is 3.81. The number of carbonyl (C=O) groups is 2. The predicted octanol–water partition coefficient (Wildman–Crippen LogP) is 1.97. The third kappa shape index (κ3) is 3.23. The Balaban J connectivity index is 1.28. The zero-order valence-electron chi connectivity index (χ0n) is 16.5. The minimum absolute atomic E-state index is 0.0576. The second-order valence-electron chi connectivity index (χ2n) is 8.23. The van der Waals surface area contributed by atoms with Crippen molar-refractivity contribution in [3.05, 3.63) is 59.9 Å². The van der Waals surface area contributed by atoms with Crippen molar-refractivity contribution in [1.29, 1.82) is 0 Å². The number of hydrogen-bond donors (Lipinski definition) is 2. The van der Waals surface area contributed by atoms with Gasteiger partial charge in [0.15, 0.2) is 6.04 Å². The molecule has 0 unspecified atom stereocenters. The first-order valence-corrected chi connectivity index (χ1v) is 10.3. The lowest BCUT2D eigenvalue weighted by Crippen LogP contribution is -3.17. The van der Waals surface area contributed by atoms with Gasteiger partial charge in [-0.15, -0.1) is 0 Å². The lowest BCUT2D eigenvalue weighted by molar-refractivity contribution is -0.920. The molecular weight excluding hydrogens is 364 g/mol. The van der Waals surface area contributed by atoms with Crippen molar-refractivity contribution in [3.63, 3.8) is 0 Å². The summed E-state index contributed by atoms with van der Waals surface area (Å²) in [6.45, 7) is 3.74. The number of aryl methyl sites for hydroxylation is 1. The molecule has 2 fully saturated rings. The standard InChI is InChI=1S/C23H24N4O2/c1-15-5-4-6-17(13-15)27-21(28)14-20(23(27)29)26-11-9-16(10-12-26)22-24-18-7-2-3-8-19(18)25-22/h2-8,13,16,20H,9-12,14H2,1H3,(H,24,25)/p+1/t20-/m0/s1. The molecule has 1 aromatic heterocycles. The number of aromatic amines is 1. The number of amides is 2. The van der Waals surface area contributed by atoms with Crippen molar-refractivity contribution < 1.29 is 14.5 Å². The molecule has 2 saturated heterocycles. The lowest BCUT2D eigenvalue weighted by Gasteiger charge is -2.31. The summed E-state index contributed by atoms with van der Waals surface area (Å²) >= 11 is 0. The van der Waals surface area contributed by atoms with E-state index in [1.807, 2.05) is 49.4 Å². The molecule has 2 aromatic carbocycles. The Labute approximate surface area is 169 Å². The normalized spacial score (nSPS) is 25.1. The Morgan fingerprint density at radius 2 is 1.86 bits per heavy atom. The first-order chi connectivity index (χ1) is 14.1. The summed E-state index contributed by atoms with van der Waals surface area (Å²) in [7, 11) is 0. The van der Waals surface area contributed by atoms with Gasteiger partial charge in [-0.05, 0) is 36.8 Å². The van der Waals surface area contributed by atoms with E-state index >= 15 is 0 Å². The number of imidazole rings is 1. The topological polar surface area (TPSA) is 70.5 Å². The number of nitrogens with one attached hydrogen (secondary N) is 2. The SMILES string of the molecule is Cc1cccc(N2C(=O)C[C@H]([NH+]3CCC(c4nc5ccccc5[nH]4)CC3)C2=O)c1. The van der Waals surface area contributed by atoms with Gasteiger partial charge in [-0.1, -0.05) is 24.3 Å². The molecule has 2 aliphatic heterocycles. The van der Waals surface area contributed by atoms with E-state index < -0.39 is 0 Å². The molecule has 2 amide bonds. The minimum atomic E-state index is -0.264. The average Bonchev–Trinajstić information content (AvgIpc) is 3.29. The van der Waals surface area contributed by atoms with Crippen LogP contribution in [0.15, 0.2) is 48.5 Å². The molecule has 0 bridgehead atoms.